The molecule has 0 N–H and O–H groups in total. The largest absolute Gasteiger partial charge is 0.141 e. The van der Waals surface area contributed by atoms with Crippen LogP contribution in [0.4, 0.5) is 0 Å². The number of hydrogen-bond donors (Lipinski definition) is 0. The minimum absolute atomic E-state index is 1.20. The van der Waals surface area contributed by atoms with E-state index >= 15 is 0 Å². The molecule has 0 saturated heterocycles. The molecule has 0 atom stereocenters. The molecule has 3 aromatic heterocycles. The van der Waals surface area contributed by atoms with Gasteiger partial charge in [-0.05, 0) is 43.3 Å². The average Bonchev–Trinajstić information content (AvgIpc) is 2.70. The van der Waals surface area contributed by atoms with Crippen molar-refractivity contribution in [2.45, 2.75) is 0 Å². The molecule has 66 valence electrons. The van der Waals surface area contributed by atoms with Crippen molar-refractivity contribution in [3.05, 3.63) is 19.7 Å². The van der Waals surface area contributed by atoms with Gasteiger partial charge in [0, 0.05) is 4.70 Å². The fourth-order valence-corrected chi connectivity index (χ4v) is 6.40. The van der Waals surface area contributed by atoms with Crippen LogP contribution in [0.3, 0.4) is 0 Å². The molecule has 0 nitrogen and oxygen atoms in total. The lowest BCUT2D eigenvalue weighted by molar-refractivity contribution is 1.98. The molecule has 3 aromatic rings. The summed E-state index contributed by atoms with van der Waals surface area (Å²) in [6, 6.07) is 2.19. The summed E-state index contributed by atoms with van der Waals surface area (Å²) < 4.78 is 8.02. The van der Waals surface area contributed by atoms with Crippen LogP contribution >= 0.6 is 65.9 Å². The molecule has 5 heteroatoms. The van der Waals surface area contributed by atoms with Gasteiger partial charge in [-0.3, -0.25) is 0 Å². The first-order valence-corrected chi connectivity index (χ1v) is 7.60. The van der Waals surface area contributed by atoms with Crippen LogP contribution in [0.2, 0.25) is 0 Å². The van der Waals surface area contributed by atoms with Crippen LogP contribution in [0, 0.1) is 0 Å². The molecular weight excluding hydrogens is 352 g/mol. The normalized spacial score (nSPS) is 11.8. The molecule has 0 saturated carbocycles. The van der Waals surface area contributed by atoms with Crippen LogP contribution in [-0.4, -0.2) is 0 Å². The summed E-state index contributed by atoms with van der Waals surface area (Å²) in [5.41, 5.74) is 0. The maximum atomic E-state index is 3.59. The Morgan fingerprint density at radius 2 is 1.85 bits per heavy atom. The maximum Gasteiger partial charge on any atom is 0.0862 e. The van der Waals surface area contributed by atoms with Gasteiger partial charge in [-0.15, -0.1) is 34.0 Å². The number of thiophene rings is 3. The Labute approximate surface area is 103 Å². The van der Waals surface area contributed by atoms with Crippen LogP contribution < -0.4 is 0 Å². The SMILES string of the molecule is Brc1sc2c(sc3ccsc32)c1Br. The van der Waals surface area contributed by atoms with E-state index in [4.69, 9.17) is 0 Å². The lowest BCUT2D eigenvalue weighted by Gasteiger charge is -1.80. The van der Waals surface area contributed by atoms with Gasteiger partial charge in [-0.2, -0.15) is 0 Å². The van der Waals surface area contributed by atoms with Crippen molar-refractivity contribution in [2.24, 2.45) is 0 Å². The van der Waals surface area contributed by atoms with E-state index in [2.05, 4.69) is 43.3 Å². The Morgan fingerprint density at radius 3 is 2.69 bits per heavy atom. The molecule has 0 aliphatic heterocycles. The molecule has 0 aliphatic carbocycles. The second-order valence-corrected chi connectivity index (χ2v) is 7.66. The van der Waals surface area contributed by atoms with Gasteiger partial charge in [-0.1, -0.05) is 0 Å². The van der Waals surface area contributed by atoms with E-state index in [1.165, 1.54) is 27.1 Å². The van der Waals surface area contributed by atoms with Gasteiger partial charge in [-0.25, -0.2) is 0 Å². The molecule has 0 fully saturated rings. The van der Waals surface area contributed by atoms with Gasteiger partial charge in [0.2, 0.25) is 0 Å². The lowest BCUT2D eigenvalue weighted by atomic mass is 10.5. The van der Waals surface area contributed by atoms with Gasteiger partial charge in [0.1, 0.15) is 0 Å². The zero-order chi connectivity index (χ0) is 9.00. The lowest BCUT2D eigenvalue weighted by Crippen LogP contribution is -1.49. The molecule has 0 amide bonds. The minimum Gasteiger partial charge on any atom is -0.141 e. The second-order valence-electron chi connectivity index (χ2n) is 2.56. The summed E-state index contributed by atoms with van der Waals surface area (Å²) >= 11 is 12.6. The highest BCUT2D eigenvalue weighted by atomic mass is 79.9. The van der Waals surface area contributed by atoms with E-state index in [1.54, 1.807) is 0 Å². The quantitative estimate of drug-likeness (QED) is 0.486. The molecule has 0 unspecified atom stereocenters. The molecule has 0 bridgehead atoms. The molecular formula is C8H2Br2S3. The van der Waals surface area contributed by atoms with Crippen molar-refractivity contribution >= 4 is 84.7 Å². The summed E-state index contributed by atoms with van der Waals surface area (Å²) in [5.74, 6) is 0. The van der Waals surface area contributed by atoms with Crippen molar-refractivity contribution in [1.82, 2.24) is 0 Å². The number of rotatable bonds is 0. The zero-order valence-electron chi connectivity index (χ0n) is 6.14. The van der Waals surface area contributed by atoms with Crippen LogP contribution in [0.15, 0.2) is 19.7 Å². The summed E-state index contributed by atoms with van der Waals surface area (Å²) in [6.45, 7) is 0. The first kappa shape index (κ1) is 8.85. The standard InChI is InChI=1S/C8H2Br2S3/c9-4-6-7(13-8(4)10)5-3(12-6)1-2-11-5/h1-2H. The third kappa shape index (κ3) is 1.18. The van der Waals surface area contributed by atoms with Crippen molar-refractivity contribution < 1.29 is 0 Å². The third-order valence-corrected chi connectivity index (χ3v) is 8.04. The van der Waals surface area contributed by atoms with Gasteiger partial charge in [0.05, 0.1) is 22.4 Å². The first-order chi connectivity index (χ1) is 6.27. The predicted octanol–water partition coefficient (Wildman–Crippen LogP) is 5.70. The van der Waals surface area contributed by atoms with E-state index < -0.39 is 0 Å². The highest BCUT2D eigenvalue weighted by Crippen LogP contribution is 2.48. The highest BCUT2D eigenvalue weighted by Gasteiger charge is 2.14. The van der Waals surface area contributed by atoms with E-state index in [-0.39, 0.29) is 0 Å². The first-order valence-electron chi connectivity index (χ1n) is 3.51. The Hall–Kier alpha value is 0.580. The van der Waals surface area contributed by atoms with Gasteiger partial charge in [0.15, 0.2) is 0 Å². The fraction of sp³-hybridized carbons (Fsp3) is 0. The Morgan fingerprint density at radius 1 is 1.00 bits per heavy atom. The number of hydrogen-bond acceptors (Lipinski definition) is 3. The Bertz CT molecular complexity index is 587. The van der Waals surface area contributed by atoms with Crippen molar-refractivity contribution in [3.63, 3.8) is 0 Å². The van der Waals surface area contributed by atoms with Gasteiger partial charge in [0.25, 0.3) is 0 Å². The molecule has 0 spiro atoms. The van der Waals surface area contributed by atoms with Crippen molar-refractivity contribution in [1.29, 1.82) is 0 Å². The van der Waals surface area contributed by atoms with Gasteiger partial charge < -0.3 is 0 Å². The summed E-state index contributed by atoms with van der Waals surface area (Å²) in [5, 5.41) is 2.15. The summed E-state index contributed by atoms with van der Waals surface area (Å²) in [4.78, 5) is 0. The van der Waals surface area contributed by atoms with E-state index in [9.17, 15) is 0 Å². The Kier molecular flexibility index (Phi) is 2.07. The van der Waals surface area contributed by atoms with Crippen LogP contribution in [0.25, 0.3) is 18.8 Å². The van der Waals surface area contributed by atoms with E-state index in [0.717, 1.165) is 0 Å². The molecule has 3 rings (SSSR count). The molecule has 3 heterocycles. The number of halogens is 2. The number of fused-ring (bicyclic) bond motifs is 3. The van der Waals surface area contributed by atoms with E-state index in [0.29, 0.717) is 0 Å². The molecule has 13 heavy (non-hydrogen) atoms. The predicted molar refractivity (Wildman–Crippen MR) is 70.5 cm³/mol. The Balaban J connectivity index is 2.63. The van der Waals surface area contributed by atoms with Crippen LogP contribution in [0.1, 0.15) is 0 Å². The summed E-state index contributed by atoms with van der Waals surface area (Å²) in [6.07, 6.45) is 0. The fourth-order valence-electron chi connectivity index (χ4n) is 1.26. The smallest absolute Gasteiger partial charge is 0.0862 e. The topological polar surface area (TPSA) is 0 Å². The van der Waals surface area contributed by atoms with Crippen LogP contribution in [-0.2, 0) is 0 Å². The second kappa shape index (κ2) is 3.03. The summed E-state index contributed by atoms with van der Waals surface area (Å²) in [7, 11) is 0. The zero-order valence-corrected chi connectivity index (χ0v) is 11.8. The third-order valence-electron chi connectivity index (χ3n) is 1.82. The van der Waals surface area contributed by atoms with Gasteiger partial charge >= 0.3 is 0 Å². The monoisotopic (exact) mass is 352 g/mol. The molecule has 0 aromatic carbocycles. The minimum atomic E-state index is 1.20. The maximum absolute atomic E-state index is 3.59. The average molecular weight is 354 g/mol. The van der Waals surface area contributed by atoms with Crippen molar-refractivity contribution in [3.8, 4) is 0 Å². The molecule has 0 radical (unpaired) electrons. The molecule has 0 aliphatic rings. The highest BCUT2D eigenvalue weighted by molar-refractivity contribution is 9.13. The van der Waals surface area contributed by atoms with Crippen LogP contribution in [0.5, 0.6) is 0 Å². The van der Waals surface area contributed by atoms with Crippen molar-refractivity contribution in [2.75, 3.05) is 0 Å². The van der Waals surface area contributed by atoms with E-state index in [1.807, 2.05) is 34.0 Å².